The fraction of sp³-hybridized carbons (Fsp3) is 0.348. The molecule has 0 aliphatic carbocycles. The SMILES string of the molecule is COc1ccc([C@H]2CCCCCN2C(=O)c2ccc3c(c2)C(=O)N(C)C3=O)cc1. The van der Waals surface area contributed by atoms with Crippen molar-refractivity contribution in [2.45, 2.75) is 31.7 Å². The second kappa shape index (κ2) is 7.70. The number of nitrogens with zero attached hydrogens (tertiary/aromatic N) is 2. The molecule has 6 heteroatoms. The second-order valence-electron chi connectivity index (χ2n) is 7.57. The van der Waals surface area contributed by atoms with Gasteiger partial charge in [-0.1, -0.05) is 25.0 Å². The van der Waals surface area contributed by atoms with Gasteiger partial charge in [0.25, 0.3) is 17.7 Å². The summed E-state index contributed by atoms with van der Waals surface area (Å²) < 4.78 is 5.25. The summed E-state index contributed by atoms with van der Waals surface area (Å²) in [4.78, 5) is 40.9. The molecule has 1 atom stereocenters. The Hall–Kier alpha value is -3.15. The van der Waals surface area contributed by atoms with Gasteiger partial charge in [0.1, 0.15) is 5.75 Å². The van der Waals surface area contributed by atoms with Crippen LogP contribution in [0, 0.1) is 0 Å². The van der Waals surface area contributed by atoms with Crippen molar-refractivity contribution in [1.82, 2.24) is 9.80 Å². The molecule has 2 aliphatic heterocycles. The van der Waals surface area contributed by atoms with Gasteiger partial charge in [-0.05, 0) is 48.7 Å². The van der Waals surface area contributed by atoms with Crippen molar-refractivity contribution in [2.24, 2.45) is 0 Å². The molecule has 0 bridgehead atoms. The van der Waals surface area contributed by atoms with Crippen molar-refractivity contribution in [2.75, 3.05) is 20.7 Å². The van der Waals surface area contributed by atoms with E-state index >= 15 is 0 Å². The van der Waals surface area contributed by atoms with Crippen LogP contribution < -0.4 is 4.74 Å². The molecule has 0 unspecified atom stereocenters. The molecule has 4 rings (SSSR count). The molecule has 3 amide bonds. The summed E-state index contributed by atoms with van der Waals surface area (Å²) >= 11 is 0. The predicted octanol–water partition coefficient (Wildman–Crippen LogP) is 3.68. The van der Waals surface area contributed by atoms with Crippen LogP contribution in [0.5, 0.6) is 5.75 Å². The van der Waals surface area contributed by atoms with Gasteiger partial charge in [0, 0.05) is 19.2 Å². The van der Waals surface area contributed by atoms with Crippen molar-refractivity contribution >= 4 is 17.7 Å². The molecule has 0 saturated carbocycles. The van der Waals surface area contributed by atoms with E-state index in [0.29, 0.717) is 23.2 Å². The third-order valence-corrected chi connectivity index (χ3v) is 5.85. The van der Waals surface area contributed by atoms with E-state index in [1.165, 1.54) is 7.05 Å². The lowest BCUT2D eigenvalue weighted by molar-refractivity contribution is 0.0677. The van der Waals surface area contributed by atoms with E-state index in [9.17, 15) is 14.4 Å². The van der Waals surface area contributed by atoms with Crippen molar-refractivity contribution in [3.05, 3.63) is 64.7 Å². The Morgan fingerprint density at radius 1 is 0.966 bits per heavy atom. The smallest absolute Gasteiger partial charge is 0.261 e. The van der Waals surface area contributed by atoms with E-state index in [-0.39, 0.29) is 23.8 Å². The summed E-state index contributed by atoms with van der Waals surface area (Å²) in [6.07, 6.45) is 3.98. The summed E-state index contributed by atoms with van der Waals surface area (Å²) in [6.45, 7) is 0.666. The molecule has 29 heavy (non-hydrogen) atoms. The number of rotatable bonds is 3. The molecule has 1 fully saturated rings. The van der Waals surface area contributed by atoms with Crippen LogP contribution in [0.2, 0.25) is 0 Å². The fourth-order valence-corrected chi connectivity index (χ4v) is 4.18. The zero-order chi connectivity index (χ0) is 20.5. The standard InChI is InChI=1S/C23H24N2O4/c1-24-22(27)18-12-9-16(14-19(18)23(24)28)21(26)25-13-5-3-4-6-20(25)15-7-10-17(29-2)11-8-15/h7-12,14,20H,3-6,13H2,1-2H3/t20-/m1/s1. The zero-order valence-electron chi connectivity index (χ0n) is 16.7. The van der Waals surface area contributed by atoms with E-state index in [0.717, 1.165) is 41.9 Å². The predicted molar refractivity (Wildman–Crippen MR) is 108 cm³/mol. The number of carbonyl (C=O) groups excluding carboxylic acids is 3. The largest absolute Gasteiger partial charge is 0.497 e. The number of amides is 3. The first kappa shape index (κ1) is 19.2. The van der Waals surface area contributed by atoms with Crippen LogP contribution in [-0.4, -0.2) is 48.2 Å². The van der Waals surface area contributed by atoms with Gasteiger partial charge in [0.15, 0.2) is 0 Å². The third kappa shape index (κ3) is 3.39. The lowest BCUT2D eigenvalue weighted by atomic mass is 9.99. The maximum atomic E-state index is 13.4. The Morgan fingerprint density at radius 3 is 2.41 bits per heavy atom. The van der Waals surface area contributed by atoms with E-state index in [2.05, 4.69) is 0 Å². The maximum absolute atomic E-state index is 13.4. The molecular weight excluding hydrogens is 368 g/mol. The summed E-state index contributed by atoms with van der Waals surface area (Å²) in [5, 5.41) is 0. The minimum absolute atomic E-state index is 0.0239. The molecule has 0 spiro atoms. The normalized spacial score (nSPS) is 19.2. The second-order valence-corrected chi connectivity index (χ2v) is 7.57. The Bertz CT molecular complexity index is 967. The van der Waals surface area contributed by atoms with Gasteiger partial charge in [-0.25, -0.2) is 0 Å². The summed E-state index contributed by atoms with van der Waals surface area (Å²) in [5.74, 6) is -0.00593. The van der Waals surface area contributed by atoms with Crippen molar-refractivity contribution < 1.29 is 19.1 Å². The first-order chi connectivity index (χ1) is 14.0. The first-order valence-electron chi connectivity index (χ1n) is 9.92. The minimum Gasteiger partial charge on any atom is -0.497 e. The van der Waals surface area contributed by atoms with Crippen LogP contribution in [0.1, 0.15) is 68.4 Å². The molecule has 1 saturated heterocycles. The third-order valence-electron chi connectivity index (χ3n) is 5.85. The first-order valence-corrected chi connectivity index (χ1v) is 9.92. The molecule has 2 aliphatic rings. The van der Waals surface area contributed by atoms with E-state index in [1.807, 2.05) is 29.2 Å². The average Bonchev–Trinajstić information content (AvgIpc) is 2.93. The van der Waals surface area contributed by atoms with Crippen LogP contribution >= 0.6 is 0 Å². The summed E-state index contributed by atoms with van der Waals surface area (Å²) in [6, 6.07) is 12.6. The monoisotopic (exact) mass is 392 g/mol. The van der Waals surface area contributed by atoms with Crippen molar-refractivity contribution in [3.8, 4) is 5.75 Å². The van der Waals surface area contributed by atoms with Crippen molar-refractivity contribution in [1.29, 1.82) is 0 Å². The molecular formula is C23H24N2O4. The number of likely N-dealkylation sites (tertiary alicyclic amines) is 1. The van der Waals surface area contributed by atoms with E-state index in [4.69, 9.17) is 4.74 Å². The van der Waals surface area contributed by atoms with E-state index < -0.39 is 0 Å². The molecule has 0 radical (unpaired) electrons. The number of imide groups is 1. The number of hydrogen-bond acceptors (Lipinski definition) is 4. The number of methoxy groups -OCH3 is 1. The number of fused-ring (bicyclic) bond motifs is 1. The van der Waals surface area contributed by atoms with Gasteiger partial charge in [-0.15, -0.1) is 0 Å². The fourth-order valence-electron chi connectivity index (χ4n) is 4.18. The molecule has 0 N–H and O–H groups in total. The zero-order valence-corrected chi connectivity index (χ0v) is 16.7. The van der Waals surface area contributed by atoms with Gasteiger partial charge in [0.2, 0.25) is 0 Å². The summed E-state index contributed by atoms with van der Waals surface area (Å²) in [7, 11) is 3.09. The van der Waals surface area contributed by atoms with Gasteiger partial charge < -0.3 is 9.64 Å². The lowest BCUT2D eigenvalue weighted by Gasteiger charge is -2.31. The highest BCUT2D eigenvalue weighted by molar-refractivity contribution is 6.21. The van der Waals surface area contributed by atoms with E-state index in [1.54, 1.807) is 25.3 Å². The topological polar surface area (TPSA) is 66.9 Å². The minimum atomic E-state index is -0.359. The molecule has 6 nitrogen and oxygen atoms in total. The lowest BCUT2D eigenvalue weighted by Crippen LogP contribution is -2.35. The average molecular weight is 392 g/mol. The van der Waals surface area contributed by atoms with Crippen LogP contribution in [0.4, 0.5) is 0 Å². The highest BCUT2D eigenvalue weighted by atomic mass is 16.5. The van der Waals surface area contributed by atoms with Gasteiger partial charge in [-0.2, -0.15) is 0 Å². The highest BCUT2D eigenvalue weighted by Gasteiger charge is 2.34. The molecule has 150 valence electrons. The molecule has 2 aromatic rings. The maximum Gasteiger partial charge on any atom is 0.261 e. The number of ether oxygens (including phenoxy) is 1. The van der Waals surface area contributed by atoms with Gasteiger partial charge >= 0.3 is 0 Å². The quantitative estimate of drug-likeness (QED) is 0.748. The Labute approximate surface area is 170 Å². The number of hydrogen-bond donors (Lipinski definition) is 0. The Morgan fingerprint density at radius 2 is 1.69 bits per heavy atom. The number of carbonyl (C=O) groups is 3. The van der Waals surface area contributed by atoms with Crippen LogP contribution in [0.15, 0.2) is 42.5 Å². The van der Waals surface area contributed by atoms with Crippen molar-refractivity contribution in [3.63, 3.8) is 0 Å². The molecule has 2 aromatic carbocycles. The highest BCUT2D eigenvalue weighted by Crippen LogP contribution is 2.33. The Balaban J connectivity index is 1.66. The molecule has 2 heterocycles. The van der Waals surface area contributed by atoms with Gasteiger partial charge in [-0.3, -0.25) is 19.3 Å². The number of benzene rings is 2. The van der Waals surface area contributed by atoms with Gasteiger partial charge in [0.05, 0.1) is 24.3 Å². The summed E-state index contributed by atoms with van der Waals surface area (Å²) in [5.41, 5.74) is 2.18. The van der Waals surface area contributed by atoms with Crippen LogP contribution in [-0.2, 0) is 0 Å². The van der Waals surface area contributed by atoms with Crippen LogP contribution in [0.25, 0.3) is 0 Å². The Kier molecular flexibility index (Phi) is 5.09. The molecule has 0 aromatic heterocycles. The van der Waals surface area contributed by atoms with Crippen LogP contribution in [0.3, 0.4) is 0 Å².